The number of carboxylic acid groups (broad SMARTS) is 1. The molecular weight excluding hydrogens is 797 g/mol. The zero-order valence-corrected chi connectivity index (χ0v) is 38.8. The summed E-state index contributed by atoms with van der Waals surface area (Å²) in [7, 11) is -4.74. The summed E-state index contributed by atoms with van der Waals surface area (Å²) in [5, 5.41) is 17.7. The molecule has 5 N–H and O–H groups in total. The van der Waals surface area contributed by atoms with Gasteiger partial charge in [-0.05, 0) is 57.8 Å². The van der Waals surface area contributed by atoms with Crippen LogP contribution in [0.2, 0.25) is 0 Å². The second-order valence-corrected chi connectivity index (χ2v) is 17.4. The molecule has 12 nitrogen and oxygen atoms in total. The number of allylic oxidation sites excluding steroid dienone is 8. The van der Waals surface area contributed by atoms with E-state index in [1.54, 1.807) is 0 Å². The third-order valence-electron chi connectivity index (χ3n) is 10.1. The quantitative estimate of drug-likeness (QED) is 0.0196. The van der Waals surface area contributed by atoms with Gasteiger partial charge in [-0.1, -0.05) is 178 Å². The summed E-state index contributed by atoms with van der Waals surface area (Å²) in [4.78, 5) is 46.0. The average molecular weight is 884 g/mol. The molecule has 0 aromatic carbocycles. The number of carboxylic acids is 1. The fourth-order valence-electron chi connectivity index (χ4n) is 6.39. The Bertz CT molecular complexity index is 1220. The van der Waals surface area contributed by atoms with Gasteiger partial charge in [-0.15, -0.1) is 0 Å². The lowest BCUT2D eigenvalue weighted by Crippen LogP contribution is -2.34. The van der Waals surface area contributed by atoms with Gasteiger partial charge in [0.25, 0.3) is 0 Å². The van der Waals surface area contributed by atoms with E-state index in [-0.39, 0.29) is 26.1 Å². The molecule has 0 aromatic rings. The molecule has 0 aromatic heterocycles. The van der Waals surface area contributed by atoms with Crippen molar-refractivity contribution in [3.05, 3.63) is 48.6 Å². The van der Waals surface area contributed by atoms with Crippen molar-refractivity contribution in [1.29, 1.82) is 0 Å². The number of carbonyl (C=O) groups is 3. The molecule has 0 bridgehead atoms. The fourth-order valence-corrected chi connectivity index (χ4v) is 7.17. The van der Waals surface area contributed by atoms with E-state index < -0.39 is 51.1 Å². The van der Waals surface area contributed by atoms with Gasteiger partial charge in [-0.2, -0.15) is 0 Å². The maximum absolute atomic E-state index is 12.7. The van der Waals surface area contributed by atoms with Crippen molar-refractivity contribution in [1.82, 2.24) is 0 Å². The van der Waals surface area contributed by atoms with Crippen LogP contribution in [0, 0.1) is 0 Å². The van der Waals surface area contributed by atoms with E-state index in [1.165, 1.54) is 96.3 Å². The minimum atomic E-state index is -4.74. The molecule has 0 saturated carbocycles. The van der Waals surface area contributed by atoms with E-state index in [0.29, 0.717) is 19.3 Å². The summed E-state index contributed by atoms with van der Waals surface area (Å²) in [6, 6.07) is -1.53. The van der Waals surface area contributed by atoms with Gasteiger partial charge in [-0.25, -0.2) is 4.57 Å². The minimum Gasteiger partial charge on any atom is -0.480 e. The Hall–Kier alpha value is -2.60. The Morgan fingerprint density at radius 2 is 0.951 bits per heavy atom. The Morgan fingerprint density at radius 3 is 1.43 bits per heavy atom. The highest BCUT2D eigenvalue weighted by Gasteiger charge is 2.28. The molecule has 0 aliphatic rings. The number of esters is 2. The van der Waals surface area contributed by atoms with Crippen molar-refractivity contribution in [3.63, 3.8) is 0 Å². The summed E-state index contributed by atoms with van der Waals surface area (Å²) in [5.41, 5.74) is 5.34. The van der Waals surface area contributed by atoms with E-state index in [9.17, 15) is 23.8 Å². The second kappa shape index (κ2) is 44.0. The van der Waals surface area contributed by atoms with Crippen molar-refractivity contribution in [2.75, 3.05) is 26.4 Å². The van der Waals surface area contributed by atoms with Crippen LogP contribution in [0.25, 0.3) is 0 Å². The molecule has 0 spiro atoms. The number of aliphatic hydroxyl groups is 1. The van der Waals surface area contributed by atoms with Gasteiger partial charge < -0.3 is 30.3 Å². The Labute approximate surface area is 369 Å². The normalized spacial score (nSPS) is 14.0. The van der Waals surface area contributed by atoms with E-state index >= 15 is 0 Å². The molecule has 0 aliphatic heterocycles. The first-order valence-corrected chi connectivity index (χ1v) is 25.3. The zero-order valence-electron chi connectivity index (χ0n) is 37.9. The Kier molecular flexibility index (Phi) is 42.1. The monoisotopic (exact) mass is 884 g/mol. The molecule has 3 atom stereocenters. The second-order valence-electron chi connectivity index (χ2n) is 16.0. The predicted octanol–water partition coefficient (Wildman–Crippen LogP) is 11.9. The fraction of sp³-hybridized carbons (Fsp3) is 0.771. The zero-order chi connectivity index (χ0) is 44.9. The third-order valence-corrected chi connectivity index (χ3v) is 11.1. The van der Waals surface area contributed by atoms with Gasteiger partial charge in [0.2, 0.25) is 0 Å². The largest absolute Gasteiger partial charge is 0.480 e. The topological polar surface area (TPSA) is 192 Å². The predicted molar refractivity (Wildman–Crippen MR) is 246 cm³/mol. The van der Waals surface area contributed by atoms with Gasteiger partial charge in [0.15, 0.2) is 6.10 Å². The molecule has 13 heteroatoms. The highest BCUT2D eigenvalue weighted by Crippen LogP contribution is 2.43. The van der Waals surface area contributed by atoms with Gasteiger partial charge in [-0.3, -0.25) is 23.4 Å². The first-order chi connectivity index (χ1) is 29.6. The number of aliphatic carboxylic acids is 1. The first kappa shape index (κ1) is 58.4. The van der Waals surface area contributed by atoms with E-state index in [1.807, 2.05) is 12.2 Å². The van der Waals surface area contributed by atoms with Crippen molar-refractivity contribution in [2.24, 2.45) is 5.73 Å². The number of aliphatic hydroxyl groups excluding tert-OH is 1. The number of rotatable bonds is 45. The molecule has 0 saturated heterocycles. The maximum Gasteiger partial charge on any atom is 0.472 e. The summed E-state index contributed by atoms with van der Waals surface area (Å²) in [6.07, 6.45) is 47.6. The number of hydrogen-bond acceptors (Lipinski definition) is 10. The highest BCUT2D eigenvalue weighted by atomic mass is 31.2. The van der Waals surface area contributed by atoms with Gasteiger partial charge in [0.1, 0.15) is 12.6 Å². The van der Waals surface area contributed by atoms with Crippen LogP contribution in [0.1, 0.15) is 200 Å². The molecular formula is C48H86NO11P. The maximum atomic E-state index is 12.7. The van der Waals surface area contributed by atoms with Crippen molar-refractivity contribution in [2.45, 2.75) is 212 Å². The molecule has 61 heavy (non-hydrogen) atoms. The number of phosphoric acid groups is 1. The first-order valence-electron chi connectivity index (χ1n) is 23.8. The smallest absolute Gasteiger partial charge is 0.472 e. The van der Waals surface area contributed by atoms with Gasteiger partial charge in [0, 0.05) is 19.4 Å². The van der Waals surface area contributed by atoms with Gasteiger partial charge >= 0.3 is 25.7 Å². The number of ether oxygens (including phenoxy) is 2. The SMILES string of the molecule is CCCCCCCCCCCCCCCCCCCCCC(=O)O[C@H](COC(=O)CCC/C=C\C/C=C\C/C=C\C/C=C\CCCCCO)COP(=O)(O)OC[C@H](N)C(=O)O. The van der Waals surface area contributed by atoms with Crippen molar-refractivity contribution < 1.29 is 52.6 Å². The summed E-state index contributed by atoms with van der Waals surface area (Å²) in [6.45, 7) is 0.776. The lowest BCUT2D eigenvalue weighted by atomic mass is 10.0. The van der Waals surface area contributed by atoms with Crippen LogP contribution in [0.5, 0.6) is 0 Å². The van der Waals surface area contributed by atoms with E-state index in [2.05, 4.69) is 47.9 Å². The van der Waals surface area contributed by atoms with Crippen LogP contribution in [0.15, 0.2) is 48.6 Å². The lowest BCUT2D eigenvalue weighted by molar-refractivity contribution is -0.161. The molecule has 0 aliphatic carbocycles. The third kappa shape index (κ3) is 43.8. The number of carbonyl (C=O) groups excluding carboxylic acids is 2. The molecule has 0 fully saturated rings. The molecule has 354 valence electrons. The summed E-state index contributed by atoms with van der Waals surface area (Å²) < 4.78 is 32.7. The van der Waals surface area contributed by atoms with E-state index in [0.717, 1.165) is 64.2 Å². The van der Waals surface area contributed by atoms with E-state index in [4.69, 9.17) is 29.9 Å². The standard InChI is InChI=1S/C48H86NO11P/c1-2-3-4-5-6-7-8-9-10-11-12-14-18-21-24-27-30-33-36-39-47(52)60-44(42-58-61(55,56)59-43-45(49)48(53)54)41-57-46(51)38-35-32-29-26-23-20-17-15-13-16-19-22-25-28-31-34-37-40-50/h13,16-17,20,22,25-26,29,44-45,50H,2-12,14-15,18-19,21,23-24,27-28,30-43,49H2,1H3,(H,53,54)(H,55,56)/b16-13-,20-17-,25-22-,29-26-/t44-,45+/m1/s1. The molecule has 1 unspecified atom stereocenters. The van der Waals surface area contributed by atoms with Crippen molar-refractivity contribution >= 4 is 25.7 Å². The molecule has 0 rings (SSSR count). The Balaban J connectivity index is 4.36. The molecule has 0 amide bonds. The number of hydrogen-bond donors (Lipinski definition) is 4. The summed E-state index contributed by atoms with van der Waals surface area (Å²) >= 11 is 0. The average Bonchev–Trinajstić information content (AvgIpc) is 3.24. The minimum absolute atomic E-state index is 0.137. The van der Waals surface area contributed by atoms with Crippen LogP contribution in [0.4, 0.5) is 0 Å². The van der Waals surface area contributed by atoms with Gasteiger partial charge in [0.05, 0.1) is 13.2 Å². The lowest BCUT2D eigenvalue weighted by Gasteiger charge is -2.20. The van der Waals surface area contributed by atoms with Crippen molar-refractivity contribution in [3.8, 4) is 0 Å². The molecule has 0 heterocycles. The van der Waals surface area contributed by atoms with Crippen LogP contribution in [0.3, 0.4) is 0 Å². The number of unbranched alkanes of at least 4 members (excludes halogenated alkanes) is 22. The van der Waals surface area contributed by atoms with Crippen LogP contribution < -0.4 is 5.73 Å². The number of nitrogens with two attached hydrogens (primary N) is 1. The van der Waals surface area contributed by atoms with Crippen LogP contribution in [-0.2, 0) is 37.5 Å². The van der Waals surface area contributed by atoms with Crippen LogP contribution in [-0.4, -0.2) is 71.6 Å². The Morgan fingerprint density at radius 1 is 0.541 bits per heavy atom. The highest BCUT2D eigenvalue weighted by molar-refractivity contribution is 7.47. The van der Waals surface area contributed by atoms with Crippen LogP contribution >= 0.6 is 7.82 Å². The molecule has 0 radical (unpaired) electrons. The number of phosphoric ester groups is 1. The summed E-state index contributed by atoms with van der Waals surface area (Å²) in [5.74, 6) is -2.46.